The maximum Gasteiger partial charge on any atom is 0.141 e. The Balaban J connectivity index is 1.85. The van der Waals surface area contributed by atoms with E-state index < -0.39 is 0 Å². The van der Waals surface area contributed by atoms with Crippen molar-refractivity contribution in [3.63, 3.8) is 0 Å². The summed E-state index contributed by atoms with van der Waals surface area (Å²) in [6, 6.07) is 0. The summed E-state index contributed by atoms with van der Waals surface area (Å²) in [5.41, 5.74) is 1.57. The number of fused-ring (bicyclic) bond motifs is 3. The van der Waals surface area contributed by atoms with E-state index in [4.69, 9.17) is 9.97 Å². The highest BCUT2D eigenvalue weighted by molar-refractivity contribution is 7.19. The van der Waals surface area contributed by atoms with E-state index in [1.807, 2.05) is 11.3 Å². The fraction of sp³-hybridized carbons (Fsp3) is 0.700. The van der Waals surface area contributed by atoms with Crippen LogP contribution >= 0.6 is 11.3 Å². The van der Waals surface area contributed by atoms with E-state index in [-0.39, 0.29) is 0 Å². The van der Waals surface area contributed by atoms with Crippen LogP contribution in [0.5, 0.6) is 0 Å². The van der Waals surface area contributed by atoms with Crippen molar-refractivity contribution in [2.24, 2.45) is 11.8 Å². The van der Waals surface area contributed by atoms with Gasteiger partial charge in [0.05, 0.1) is 5.39 Å². The zero-order chi connectivity index (χ0) is 16.7. The molecule has 2 aromatic rings. The molecular formula is C20H29N3S. The van der Waals surface area contributed by atoms with Crippen molar-refractivity contribution in [1.29, 1.82) is 0 Å². The molecule has 0 amide bonds. The maximum absolute atomic E-state index is 5.09. The van der Waals surface area contributed by atoms with Crippen molar-refractivity contribution in [3.8, 4) is 0 Å². The molecule has 1 unspecified atom stereocenters. The van der Waals surface area contributed by atoms with E-state index in [9.17, 15) is 0 Å². The molecule has 130 valence electrons. The summed E-state index contributed by atoms with van der Waals surface area (Å²) in [5, 5.41) is 1.40. The summed E-state index contributed by atoms with van der Waals surface area (Å²) < 4.78 is 0. The van der Waals surface area contributed by atoms with Crippen LogP contribution in [-0.4, -0.2) is 23.1 Å². The Morgan fingerprint density at radius 2 is 1.96 bits per heavy atom. The molecule has 0 bridgehead atoms. The van der Waals surface area contributed by atoms with E-state index in [1.54, 1.807) is 10.4 Å². The lowest BCUT2D eigenvalue weighted by Gasteiger charge is -2.29. The highest BCUT2D eigenvalue weighted by Crippen LogP contribution is 2.41. The van der Waals surface area contributed by atoms with Gasteiger partial charge in [0, 0.05) is 24.4 Å². The van der Waals surface area contributed by atoms with E-state index in [0.717, 1.165) is 31.3 Å². The van der Waals surface area contributed by atoms with Crippen LogP contribution in [-0.2, 0) is 19.3 Å². The van der Waals surface area contributed by atoms with Gasteiger partial charge in [0.2, 0.25) is 0 Å². The summed E-state index contributed by atoms with van der Waals surface area (Å²) in [5.74, 6) is 3.71. The first kappa shape index (κ1) is 16.3. The number of hydrogen-bond donors (Lipinski definition) is 0. The Bertz CT molecular complexity index is 728. The number of anilines is 1. The lowest BCUT2D eigenvalue weighted by atomic mass is 9.89. The van der Waals surface area contributed by atoms with Crippen LogP contribution in [0.4, 0.5) is 5.82 Å². The van der Waals surface area contributed by atoms with Crippen molar-refractivity contribution >= 4 is 27.4 Å². The van der Waals surface area contributed by atoms with Gasteiger partial charge in [0.1, 0.15) is 16.5 Å². The first-order valence-electron chi connectivity index (χ1n) is 9.68. The van der Waals surface area contributed by atoms with E-state index in [2.05, 4.69) is 25.7 Å². The first-order chi connectivity index (χ1) is 11.6. The standard InChI is InChI=1S/C20H29N3S/c1-13(2)11-17-21-19(23-9-5-4-6-10-23)18-15-8-7-14(3)12-16(15)24-20(18)22-17/h13-14H,4-12H2,1-3H3. The average Bonchev–Trinajstić information content (AvgIpc) is 2.91. The summed E-state index contributed by atoms with van der Waals surface area (Å²) >= 11 is 1.95. The third-order valence-corrected chi connectivity index (χ3v) is 6.58. The van der Waals surface area contributed by atoms with Gasteiger partial charge < -0.3 is 4.90 Å². The Morgan fingerprint density at radius 3 is 2.71 bits per heavy atom. The van der Waals surface area contributed by atoms with Gasteiger partial charge in [-0.15, -0.1) is 11.3 Å². The molecule has 2 aromatic heterocycles. The molecule has 3 heterocycles. The molecular weight excluding hydrogens is 314 g/mol. The van der Waals surface area contributed by atoms with E-state index >= 15 is 0 Å². The number of piperidine rings is 1. The monoisotopic (exact) mass is 343 g/mol. The lowest BCUT2D eigenvalue weighted by molar-refractivity contribution is 0.509. The molecule has 0 radical (unpaired) electrons. The van der Waals surface area contributed by atoms with Crippen molar-refractivity contribution < 1.29 is 0 Å². The Kier molecular flexibility index (Phi) is 4.50. The highest BCUT2D eigenvalue weighted by atomic mass is 32.1. The second-order valence-electron chi connectivity index (χ2n) is 8.14. The van der Waals surface area contributed by atoms with Crippen LogP contribution in [0.25, 0.3) is 10.2 Å². The topological polar surface area (TPSA) is 29.0 Å². The zero-order valence-electron chi connectivity index (χ0n) is 15.3. The van der Waals surface area contributed by atoms with Gasteiger partial charge in [-0.25, -0.2) is 9.97 Å². The summed E-state index contributed by atoms with van der Waals surface area (Å²) in [6.45, 7) is 9.22. The molecule has 0 spiro atoms. The summed E-state index contributed by atoms with van der Waals surface area (Å²) in [7, 11) is 0. The SMILES string of the molecule is CC(C)Cc1nc(N2CCCCC2)c2c3c(sc2n1)CC(C)CC3. The number of nitrogens with zero attached hydrogens (tertiary/aromatic N) is 3. The number of rotatable bonds is 3. The van der Waals surface area contributed by atoms with E-state index in [0.29, 0.717) is 5.92 Å². The fourth-order valence-corrected chi connectivity index (χ4v) is 5.55. The van der Waals surface area contributed by atoms with E-state index in [1.165, 1.54) is 54.6 Å². The van der Waals surface area contributed by atoms with Crippen LogP contribution in [0, 0.1) is 11.8 Å². The zero-order valence-corrected chi connectivity index (χ0v) is 16.1. The molecule has 1 saturated heterocycles. The molecule has 0 saturated carbocycles. The molecule has 1 aliphatic carbocycles. The Hall–Kier alpha value is -1.16. The largest absolute Gasteiger partial charge is 0.356 e. The third kappa shape index (κ3) is 3.05. The molecule has 1 aliphatic heterocycles. The van der Waals surface area contributed by atoms with Gasteiger partial charge in [-0.05, 0) is 55.9 Å². The predicted octanol–water partition coefficient (Wildman–Crippen LogP) is 5.00. The smallest absolute Gasteiger partial charge is 0.141 e. The molecule has 0 aromatic carbocycles. The molecule has 0 N–H and O–H groups in total. The molecule has 1 fully saturated rings. The third-order valence-electron chi connectivity index (χ3n) is 5.43. The minimum absolute atomic E-state index is 0.603. The minimum atomic E-state index is 0.603. The highest BCUT2D eigenvalue weighted by Gasteiger charge is 2.26. The number of aromatic nitrogens is 2. The molecule has 3 nitrogen and oxygen atoms in total. The molecule has 2 aliphatic rings. The number of hydrogen-bond acceptors (Lipinski definition) is 4. The van der Waals surface area contributed by atoms with Gasteiger partial charge in [-0.1, -0.05) is 20.8 Å². The van der Waals surface area contributed by atoms with Crippen molar-refractivity contribution in [1.82, 2.24) is 9.97 Å². The molecule has 4 heteroatoms. The second kappa shape index (κ2) is 6.62. The van der Waals surface area contributed by atoms with Crippen molar-refractivity contribution in [2.45, 2.75) is 65.7 Å². The Labute approximate surface area is 149 Å². The molecule has 1 atom stereocenters. The summed E-state index contributed by atoms with van der Waals surface area (Å²) in [6.07, 6.45) is 8.70. The van der Waals surface area contributed by atoms with Gasteiger partial charge in [0.15, 0.2) is 0 Å². The molecule has 4 rings (SSSR count). The first-order valence-corrected chi connectivity index (χ1v) is 10.5. The Morgan fingerprint density at radius 1 is 1.17 bits per heavy atom. The van der Waals surface area contributed by atoms with Gasteiger partial charge in [0.25, 0.3) is 0 Å². The van der Waals surface area contributed by atoms with Crippen LogP contribution in [0.15, 0.2) is 0 Å². The van der Waals surface area contributed by atoms with Crippen molar-refractivity contribution in [2.75, 3.05) is 18.0 Å². The average molecular weight is 344 g/mol. The van der Waals surface area contributed by atoms with Gasteiger partial charge in [-0.2, -0.15) is 0 Å². The van der Waals surface area contributed by atoms with Gasteiger partial charge in [-0.3, -0.25) is 0 Å². The summed E-state index contributed by atoms with van der Waals surface area (Å²) in [4.78, 5) is 15.4. The number of aryl methyl sites for hydroxylation is 1. The predicted molar refractivity (Wildman–Crippen MR) is 103 cm³/mol. The van der Waals surface area contributed by atoms with Gasteiger partial charge >= 0.3 is 0 Å². The minimum Gasteiger partial charge on any atom is -0.356 e. The van der Waals surface area contributed by atoms with Crippen LogP contribution < -0.4 is 4.90 Å². The van der Waals surface area contributed by atoms with Crippen molar-refractivity contribution in [3.05, 3.63) is 16.3 Å². The molecule has 24 heavy (non-hydrogen) atoms. The van der Waals surface area contributed by atoms with Crippen LogP contribution in [0.2, 0.25) is 0 Å². The van der Waals surface area contributed by atoms with Crippen LogP contribution in [0.3, 0.4) is 0 Å². The maximum atomic E-state index is 5.09. The fourth-order valence-electron chi connectivity index (χ4n) is 4.16. The number of thiophene rings is 1. The van der Waals surface area contributed by atoms with Crippen LogP contribution in [0.1, 0.15) is 62.7 Å². The second-order valence-corrected chi connectivity index (χ2v) is 9.22. The quantitative estimate of drug-likeness (QED) is 0.785. The normalized spacial score (nSPS) is 21.5. The lowest BCUT2D eigenvalue weighted by Crippen LogP contribution is -2.31.